The van der Waals surface area contributed by atoms with Crippen molar-refractivity contribution < 1.29 is 14.6 Å². The number of ether oxygens (including phenoxy) is 1. The minimum Gasteiger partial charge on any atom is -0.463 e. The van der Waals surface area contributed by atoms with E-state index in [2.05, 4.69) is 0 Å². The number of benzene rings is 2. The number of carbonyl (C=O) groups excluding carboxylic acids is 1. The molecule has 1 N–H and O–H groups in total. The van der Waals surface area contributed by atoms with Gasteiger partial charge in [0, 0.05) is 6.08 Å². The molecule has 2 aromatic carbocycles. The maximum atomic E-state index is 11.3. The first kappa shape index (κ1) is 13.3. The summed E-state index contributed by atoms with van der Waals surface area (Å²) >= 11 is 0. The molecule has 0 unspecified atom stereocenters. The van der Waals surface area contributed by atoms with Crippen LogP contribution >= 0.6 is 0 Å². The van der Waals surface area contributed by atoms with Gasteiger partial charge in [-0.05, 0) is 34.9 Å². The van der Waals surface area contributed by atoms with Crippen LogP contribution in [0.3, 0.4) is 0 Å². The van der Waals surface area contributed by atoms with Crippen molar-refractivity contribution in [2.24, 2.45) is 0 Å². The van der Waals surface area contributed by atoms with E-state index in [1.165, 1.54) is 6.08 Å². The molecule has 0 spiro atoms. The van der Waals surface area contributed by atoms with Crippen molar-refractivity contribution in [3.63, 3.8) is 0 Å². The molecule has 98 valence electrons. The van der Waals surface area contributed by atoms with E-state index in [-0.39, 0.29) is 12.6 Å². The van der Waals surface area contributed by atoms with Crippen LogP contribution in [0.1, 0.15) is 18.1 Å². The van der Waals surface area contributed by atoms with Gasteiger partial charge in [-0.15, -0.1) is 0 Å². The number of esters is 1. The van der Waals surface area contributed by atoms with Crippen molar-refractivity contribution in [1.82, 2.24) is 0 Å². The van der Waals surface area contributed by atoms with Gasteiger partial charge in [-0.25, -0.2) is 4.79 Å². The predicted molar refractivity (Wildman–Crippen MR) is 75.5 cm³/mol. The lowest BCUT2D eigenvalue weighted by molar-refractivity contribution is -0.137. The van der Waals surface area contributed by atoms with Gasteiger partial charge in [0.25, 0.3) is 0 Å². The van der Waals surface area contributed by atoms with E-state index in [4.69, 9.17) is 4.74 Å². The summed E-state index contributed by atoms with van der Waals surface area (Å²) in [6, 6.07) is 11.6. The lowest BCUT2D eigenvalue weighted by Crippen LogP contribution is -1.98. The third-order valence-corrected chi connectivity index (χ3v) is 2.90. The third kappa shape index (κ3) is 3.01. The second kappa shape index (κ2) is 6.16. The summed E-state index contributed by atoms with van der Waals surface area (Å²) in [5.41, 5.74) is 1.81. The summed E-state index contributed by atoms with van der Waals surface area (Å²) in [6.07, 6.45) is 3.16. The molecule has 0 atom stereocenters. The Balaban J connectivity index is 2.42. The summed E-state index contributed by atoms with van der Waals surface area (Å²) in [6.45, 7) is 2.15. The molecule has 0 saturated carbocycles. The van der Waals surface area contributed by atoms with Crippen LogP contribution < -0.4 is 0 Å². The maximum Gasteiger partial charge on any atom is 0.330 e. The van der Waals surface area contributed by atoms with Crippen molar-refractivity contribution in [1.29, 1.82) is 0 Å². The van der Waals surface area contributed by atoms with E-state index in [0.717, 1.165) is 21.9 Å². The standard InChI is InChI=1S/C16H16O3/c1-2-19-16(18)10-9-12-7-8-13(11-17)15-6-4-3-5-14(12)15/h3-10,17H,2,11H2,1H3/b10-9+. The van der Waals surface area contributed by atoms with Gasteiger partial charge < -0.3 is 9.84 Å². The second-order valence-corrected chi connectivity index (χ2v) is 4.10. The molecule has 0 aliphatic carbocycles. The maximum absolute atomic E-state index is 11.3. The Bertz CT molecular complexity index is 614. The highest BCUT2D eigenvalue weighted by molar-refractivity contribution is 5.96. The second-order valence-electron chi connectivity index (χ2n) is 4.10. The monoisotopic (exact) mass is 256 g/mol. The highest BCUT2D eigenvalue weighted by Crippen LogP contribution is 2.23. The Morgan fingerprint density at radius 3 is 2.63 bits per heavy atom. The van der Waals surface area contributed by atoms with Crippen LogP contribution in [0.15, 0.2) is 42.5 Å². The summed E-state index contributed by atoms with van der Waals surface area (Å²) in [7, 11) is 0. The summed E-state index contributed by atoms with van der Waals surface area (Å²) in [5.74, 6) is -0.349. The first-order valence-corrected chi connectivity index (χ1v) is 6.22. The Morgan fingerprint density at radius 1 is 1.21 bits per heavy atom. The highest BCUT2D eigenvalue weighted by atomic mass is 16.5. The van der Waals surface area contributed by atoms with Crippen molar-refractivity contribution in [2.45, 2.75) is 13.5 Å². The van der Waals surface area contributed by atoms with Crippen LogP contribution in [-0.2, 0) is 16.1 Å². The minimum atomic E-state index is -0.349. The fourth-order valence-electron chi connectivity index (χ4n) is 2.02. The van der Waals surface area contributed by atoms with E-state index >= 15 is 0 Å². The zero-order valence-electron chi connectivity index (χ0n) is 10.8. The molecule has 0 radical (unpaired) electrons. The molecule has 0 fully saturated rings. The van der Waals surface area contributed by atoms with Crippen molar-refractivity contribution in [3.8, 4) is 0 Å². The van der Waals surface area contributed by atoms with E-state index in [0.29, 0.717) is 6.61 Å². The first-order chi connectivity index (χ1) is 9.26. The minimum absolute atomic E-state index is 0.00237. The average Bonchev–Trinajstić information content (AvgIpc) is 2.45. The van der Waals surface area contributed by atoms with Crippen LogP contribution in [0.4, 0.5) is 0 Å². The molecule has 19 heavy (non-hydrogen) atoms. The topological polar surface area (TPSA) is 46.5 Å². The number of fused-ring (bicyclic) bond motifs is 1. The number of aliphatic hydroxyl groups excluding tert-OH is 1. The SMILES string of the molecule is CCOC(=O)/C=C/c1ccc(CO)c2ccccc12. The zero-order valence-corrected chi connectivity index (χ0v) is 10.8. The smallest absolute Gasteiger partial charge is 0.330 e. The Hall–Kier alpha value is -2.13. The molecule has 0 saturated heterocycles. The molecule has 0 bridgehead atoms. The fourth-order valence-corrected chi connectivity index (χ4v) is 2.02. The molecule has 2 rings (SSSR count). The molecule has 2 aromatic rings. The molecular weight excluding hydrogens is 240 g/mol. The van der Waals surface area contributed by atoms with Gasteiger partial charge >= 0.3 is 5.97 Å². The Labute approximate surface area is 112 Å². The van der Waals surface area contributed by atoms with Crippen LogP contribution in [0.5, 0.6) is 0 Å². The molecule has 3 nitrogen and oxygen atoms in total. The average molecular weight is 256 g/mol. The van der Waals surface area contributed by atoms with Crippen LogP contribution in [0, 0.1) is 0 Å². The van der Waals surface area contributed by atoms with E-state index < -0.39 is 0 Å². The van der Waals surface area contributed by atoms with Gasteiger partial charge in [-0.3, -0.25) is 0 Å². The third-order valence-electron chi connectivity index (χ3n) is 2.90. The molecule has 3 heteroatoms. The molecule has 0 aromatic heterocycles. The number of hydrogen-bond acceptors (Lipinski definition) is 3. The van der Waals surface area contributed by atoms with Crippen LogP contribution in [0.25, 0.3) is 16.8 Å². The molecular formula is C16H16O3. The Morgan fingerprint density at radius 2 is 1.95 bits per heavy atom. The van der Waals surface area contributed by atoms with Crippen molar-refractivity contribution in [2.75, 3.05) is 6.61 Å². The van der Waals surface area contributed by atoms with Gasteiger partial charge in [-0.2, -0.15) is 0 Å². The number of aliphatic hydroxyl groups is 1. The van der Waals surface area contributed by atoms with E-state index in [1.807, 2.05) is 36.4 Å². The van der Waals surface area contributed by atoms with E-state index in [9.17, 15) is 9.90 Å². The normalized spacial score (nSPS) is 11.1. The summed E-state index contributed by atoms with van der Waals surface area (Å²) in [5, 5.41) is 11.3. The highest BCUT2D eigenvalue weighted by Gasteiger charge is 2.03. The van der Waals surface area contributed by atoms with Crippen molar-refractivity contribution in [3.05, 3.63) is 53.6 Å². The summed E-state index contributed by atoms with van der Waals surface area (Å²) < 4.78 is 4.85. The zero-order chi connectivity index (χ0) is 13.7. The molecule has 0 heterocycles. The van der Waals surface area contributed by atoms with Gasteiger partial charge in [-0.1, -0.05) is 36.4 Å². The van der Waals surface area contributed by atoms with Gasteiger partial charge in [0.2, 0.25) is 0 Å². The van der Waals surface area contributed by atoms with Gasteiger partial charge in [0.15, 0.2) is 0 Å². The molecule has 0 aliphatic rings. The summed E-state index contributed by atoms with van der Waals surface area (Å²) in [4.78, 5) is 11.3. The van der Waals surface area contributed by atoms with Crippen LogP contribution in [0.2, 0.25) is 0 Å². The lowest BCUT2D eigenvalue weighted by atomic mass is 9.99. The number of carbonyl (C=O) groups is 1. The number of hydrogen-bond donors (Lipinski definition) is 1. The van der Waals surface area contributed by atoms with E-state index in [1.54, 1.807) is 13.0 Å². The predicted octanol–water partition coefficient (Wildman–Crippen LogP) is 2.91. The molecule has 0 aliphatic heterocycles. The van der Waals surface area contributed by atoms with Crippen molar-refractivity contribution >= 4 is 22.8 Å². The molecule has 0 amide bonds. The first-order valence-electron chi connectivity index (χ1n) is 6.22. The number of rotatable bonds is 4. The lowest BCUT2D eigenvalue weighted by Gasteiger charge is -2.07. The van der Waals surface area contributed by atoms with Gasteiger partial charge in [0.05, 0.1) is 13.2 Å². The van der Waals surface area contributed by atoms with Crippen LogP contribution in [-0.4, -0.2) is 17.7 Å². The quantitative estimate of drug-likeness (QED) is 0.676. The van der Waals surface area contributed by atoms with Gasteiger partial charge in [0.1, 0.15) is 0 Å². The Kier molecular flexibility index (Phi) is 4.31. The fraction of sp³-hybridized carbons (Fsp3) is 0.188. The largest absolute Gasteiger partial charge is 0.463 e.